The summed E-state index contributed by atoms with van der Waals surface area (Å²) >= 11 is 0. The number of nitrogens with zero attached hydrogens (tertiary/aromatic N) is 1. The Bertz CT molecular complexity index is 534. The van der Waals surface area contributed by atoms with Crippen LogP contribution in [-0.4, -0.2) is 6.67 Å². The van der Waals surface area contributed by atoms with Crippen molar-refractivity contribution in [3.8, 4) is 0 Å². The van der Waals surface area contributed by atoms with E-state index in [4.69, 9.17) is 0 Å². The van der Waals surface area contributed by atoms with Crippen molar-refractivity contribution in [2.75, 3.05) is 16.9 Å². The Morgan fingerprint density at radius 3 is 2.65 bits per heavy atom. The Hall–Kier alpha value is -1.96. The molecule has 86 valence electrons. The van der Waals surface area contributed by atoms with Gasteiger partial charge in [-0.05, 0) is 30.2 Å². The monoisotopic (exact) mass is 224 g/mol. The van der Waals surface area contributed by atoms with Crippen LogP contribution in [0.4, 0.5) is 11.4 Å². The molecule has 0 unspecified atom stereocenters. The van der Waals surface area contributed by atoms with Crippen molar-refractivity contribution in [1.82, 2.24) is 0 Å². The predicted molar refractivity (Wildman–Crippen MR) is 72.3 cm³/mol. The number of fused-ring (bicyclic) bond motifs is 1. The molecular weight excluding hydrogens is 208 g/mol. The second-order valence-corrected chi connectivity index (χ2v) is 4.48. The summed E-state index contributed by atoms with van der Waals surface area (Å²) in [6.07, 6.45) is 0. The average molecular weight is 224 g/mol. The fraction of sp³-hybridized carbons (Fsp3) is 0.200. The van der Waals surface area contributed by atoms with Gasteiger partial charge in [0.05, 0.1) is 6.67 Å². The topological polar surface area (TPSA) is 15.3 Å². The fourth-order valence-electron chi connectivity index (χ4n) is 2.36. The smallest absolute Gasteiger partial charge is 0.0880 e. The Labute approximate surface area is 102 Å². The normalized spacial score (nSPS) is 14.1. The summed E-state index contributed by atoms with van der Waals surface area (Å²) in [5, 5.41) is 3.46. The van der Waals surface area contributed by atoms with E-state index in [1.165, 1.54) is 22.5 Å². The molecule has 1 heterocycles. The van der Waals surface area contributed by atoms with Crippen LogP contribution in [0.3, 0.4) is 0 Å². The van der Waals surface area contributed by atoms with Gasteiger partial charge in [0.2, 0.25) is 0 Å². The van der Waals surface area contributed by atoms with Crippen LogP contribution >= 0.6 is 0 Å². The van der Waals surface area contributed by atoms with Crippen LogP contribution in [-0.2, 0) is 6.54 Å². The molecule has 0 saturated heterocycles. The maximum atomic E-state index is 3.46. The maximum absolute atomic E-state index is 3.46. The average Bonchev–Trinajstić information content (AvgIpc) is 2.39. The summed E-state index contributed by atoms with van der Waals surface area (Å²) in [5.74, 6) is 0. The molecule has 0 bridgehead atoms. The third-order valence-electron chi connectivity index (χ3n) is 3.30. The van der Waals surface area contributed by atoms with Gasteiger partial charge in [0.1, 0.15) is 0 Å². The summed E-state index contributed by atoms with van der Waals surface area (Å²) in [7, 11) is 0. The third-order valence-corrected chi connectivity index (χ3v) is 3.30. The van der Waals surface area contributed by atoms with E-state index < -0.39 is 0 Å². The molecule has 1 aliphatic rings. The van der Waals surface area contributed by atoms with E-state index >= 15 is 0 Å². The van der Waals surface area contributed by atoms with Crippen molar-refractivity contribution >= 4 is 11.4 Å². The summed E-state index contributed by atoms with van der Waals surface area (Å²) in [4.78, 5) is 2.37. The number of anilines is 2. The molecule has 2 aromatic rings. The minimum atomic E-state index is 0.877. The van der Waals surface area contributed by atoms with Gasteiger partial charge < -0.3 is 10.2 Å². The quantitative estimate of drug-likeness (QED) is 0.798. The predicted octanol–water partition coefficient (Wildman–Crippen LogP) is 3.38. The van der Waals surface area contributed by atoms with Crippen LogP contribution in [0.25, 0.3) is 0 Å². The van der Waals surface area contributed by atoms with Crippen molar-refractivity contribution in [2.24, 2.45) is 0 Å². The van der Waals surface area contributed by atoms with E-state index in [1.807, 2.05) is 0 Å². The van der Waals surface area contributed by atoms with Crippen molar-refractivity contribution < 1.29 is 0 Å². The van der Waals surface area contributed by atoms with Crippen LogP contribution < -0.4 is 10.2 Å². The second kappa shape index (κ2) is 4.13. The first-order chi connectivity index (χ1) is 8.34. The highest BCUT2D eigenvalue weighted by molar-refractivity contribution is 5.61. The van der Waals surface area contributed by atoms with E-state index in [0.717, 1.165) is 13.2 Å². The van der Waals surface area contributed by atoms with Crippen molar-refractivity contribution in [3.63, 3.8) is 0 Å². The first kappa shape index (κ1) is 10.2. The van der Waals surface area contributed by atoms with Gasteiger partial charge in [-0.2, -0.15) is 0 Å². The lowest BCUT2D eigenvalue weighted by atomic mass is 10.1. The molecule has 2 nitrogen and oxygen atoms in total. The Morgan fingerprint density at radius 1 is 1.00 bits per heavy atom. The van der Waals surface area contributed by atoms with E-state index in [9.17, 15) is 0 Å². The zero-order valence-electron chi connectivity index (χ0n) is 9.98. The van der Waals surface area contributed by atoms with Crippen molar-refractivity contribution in [2.45, 2.75) is 13.5 Å². The van der Waals surface area contributed by atoms with Gasteiger partial charge in [0.25, 0.3) is 0 Å². The zero-order valence-corrected chi connectivity index (χ0v) is 9.98. The van der Waals surface area contributed by atoms with Gasteiger partial charge in [-0.15, -0.1) is 0 Å². The number of rotatable bonds is 1. The largest absolute Gasteiger partial charge is 0.367 e. The molecule has 17 heavy (non-hydrogen) atoms. The molecule has 1 N–H and O–H groups in total. The fourth-order valence-corrected chi connectivity index (χ4v) is 2.36. The van der Waals surface area contributed by atoms with E-state index in [1.54, 1.807) is 0 Å². The molecule has 3 rings (SSSR count). The number of aryl methyl sites for hydroxylation is 1. The summed E-state index contributed by atoms with van der Waals surface area (Å²) < 4.78 is 0. The van der Waals surface area contributed by atoms with Gasteiger partial charge in [-0.25, -0.2) is 0 Å². The van der Waals surface area contributed by atoms with Crippen LogP contribution in [0.5, 0.6) is 0 Å². The molecule has 0 saturated carbocycles. The molecule has 0 fully saturated rings. The number of nitrogens with one attached hydrogen (secondary N) is 1. The lowest BCUT2D eigenvalue weighted by molar-refractivity contribution is 0.807. The maximum Gasteiger partial charge on any atom is 0.0880 e. The van der Waals surface area contributed by atoms with Gasteiger partial charge in [-0.3, -0.25) is 0 Å². The molecule has 0 aromatic heterocycles. The van der Waals surface area contributed by atoms with Crippen LogP contribution in [0, 0.1) is 6.92 Å². The lowest BCUT2D eigenvalue weighted by Crippen LogP contribution is -2.33. The highest BCUT2D eigenvalue weighted by Crippen LogP contribution is 2.27. The van der Waals surface area contributed by atoms with Crippen LogP contribution in [0.15, 0.2) is 48.5 Å². The number of para-hydroxylation sites is 2. The Kier molecular flexibility index (Phi) is 2.48. The van der Waals surface area contributed by atoms with Gasteiger partial charge in [-0.1, -0.05) is 36.4 Å². The van der Waals surface area contributed by atoms with Crippen molar-refractivity contribution in [1.29, 1.82) is 0 Å². The SMILES string of the molecule is Cc1ccccc1N1CNc2ccccc2C1. The van der Waals surface area contributed by atoms with E-state index in [-0.39, 0.29) is 0 Å². The Morgan fingerprint density at radius 2 is 1.76 bits per heavy atom. The summed E-state index contributed by atoms with van der Waals surface area (Å²) in [5.41, 5.74) is 5.27. The second-order valence-electron chi connectivity index (χ2n) is 4.48. The zero-order chi connectivity index (χ0) is 11.7. The molecule has 1 aliphatic heterocycles. The summed E-state index contributed by atoms with van der Waals surface area (Å²) in [6.45, 7) is 4.02. The molecular formula is C15H16N2. The molecule has 0 radical (unpaired) electrons. The molecule has 2 heteroatoms. The van der Waals surface area contributed by atoms with Gasteiger partial charge in [0.15, 0.2) is 0 Å². The minimum absolute atomic E-state index is 0.877. The van der Waals surface area contributed by atoms with Crippen LogP contribution in [0.2, 0.25) is 0 Å². The molecule has 2 aromatic carbocycles. The van der Waals surface area contributed by atoms with Gasteiger partial charge in [0, 0.05) is 17.9 Å². The van der Waals surface area contributed by atoms with E-state index in [2.05, 4.69) is 65.7 Å². The lowest BCUT2D eigenvalue weighted by Gasteiger charge is -2.32. The molecule has 0 spiro atoms. The van der Waals surface area contributed by atoms with Crippen molar-refractivity contribution in [3.05, 3.63) is 59.7 Å². The molecule has 0 atom stereocenters. The summed E-state index contributed by atoms with van der Waals surface area (Å²) in [6, 6.07) is 17.0. The standard InChI is InChI=1S/C15H16N2/c1-12-6-2-5-9-15(12)17-10-13-7-3-4-8-14(13)16-11-17/h2-9,16H,10-11H2,1H3. The molecule has 0 aliphatic carbocycles. The number of hydrogen-bond acceptors (Lipinski definition) is 2. The number of benzene rings is 2. The van der Waals surface area contributed by atoms with Crippen LogP contribution in [0.1, 0.15) is 11.1 Å². The third kappa shape index (κ3) is 1.86. The highest BCUT2D eigenvalue weighted by atomic mass is 15.2. The van der Waals surface area contributed by atoms with Gasteiger partial charge >= 0.3 is 0 Å². The highest BCUT2D eigenvalue weighted by Gasteiger charge is 2.16. The first-order valence-corrected chi connectivity index (χ1v) is 5.97. The number of hydrogen-bond donors (Lipinski definition) is 1. The first-order valence-electron chi connectivity index (χ1n) is 5.97. The Balaban J connectivity index is 1.92. The minimum Gasteiger partial charge on any atom is -0.367 e. The van der Waals surface area contributed by atoms with E-state index in [0.29, 0.717) is 0 Å². The molecule has 0 amide bonds.